The Bertz CT molecular complexity index is 3940. The molecule has 0 N–H and O–H groups in total. The molecule has 0 bridgehead atoms. The molecular weight excluding hydrogens is 755 g/mol. The van der Waals surface area contributed by atoms with Crippen molar-refractivity contribution in [3.8, 4) is 45.5 Å². The van der Waals surface area contributed by atoms with E-state index in [9.17, 15) is 0 Å². The Balaban J connectivity index is 1.11. The molecule has 0 saturated carbocycles. The van der Waals surface area contributed by atoms with Crippen LogP contribution in [0.2, 0.25) is 0 Å². The van der Waals surface area contributed by atoms with Crippen LogP contribution >= 0.6 is 0 Å². The van der Waals surface area contributed by atoms with Crippen LogP contribution in [-0.2, 0) is 0 Å². The second-order valence-corrected chi connectivity index (χ2v) is 16.0. The summed E-state index contributed by atoms with van der Waals surface area (Å²) in [5, 5.41) is 11.8. The molecule has 0 unspecified atom stereocenters. The van der Waals surface area contributed by atoms with Crippen molar-refractivity contribution in [2.24, 2.45) is 0 Å². The van der Waals surface area contributed by atoms with Crippen LogP contribution in [0.15, 0.2) is 212 Å². The standard InChI is InChI=1S/C57H35N5/c1-3-17-39-34-41(31-30-36(39)14-1)55-58-56(46-24-11-19-38-16-5-6-20-43(38)46)60-57(59-55)47-22-8-10-26-49(47)62-50-27-12-23-45-44-21-7-9-25-48(44)61(51-28-13-29-52(62)54(51)53(45)50)42-33-32-37-15-2-4-18-40(37)35-42/h1-35H. The van der Waals surface area contributed by atoms with Crippen LogP contribution in [0.25, 0.3) is 121 Å². The second kappa shape index (κ2) is 13.6. The highest BCUT2D eigenvalue weighted by molar-refractivity contribution is 6.28. The lowest BCUT2D eigenvalue weighted by Crippen LogP contribution is -2.04. The number of hydrogen-bond donors (Lipinski definition) is 0. The quantitative estimate of drug-likeness (QED) is 0.174. The van der Waals surface area contributed by atoms with E-state index in [1.165, 1.54) is 37.7 Å². The highest BCUT2D eigenvalue weighted by atomic mass is 15.1. The van der Waals surface area contributed by atoms with Crippen molar-refractivity contribution in [3.05, 3.63) is 212 Å². The zero-order valence-corrected chi connectivity index (χ0v) is 33.4. The van der Waals surface area contributed by atoms with Gasteiger partial charge in [0.25, 0.3) is 0 Å². The van der Waals surface area contributed by atoms with Crippen LogP contribution < -0.4 is 0 Å². The Hall–Kier alpha value is -8.41. The first-order valence-corrected chi connectivity index (χ1v) is 21.0. The molecule has 0 saturated heterocycles. The van der Waals surface area contributed by atoms with Crippen molar-refractivity contribution >= 4 is 75.9 Å². The van der Waals surface area contributed by atoms with Gasteiger partial charge in [-0.05, 0) is 92.3 Å². The lowest BCUT2D eigenvalue weighted by Gasteiger charge is -2.16. The Morgan fingerprint density at radius 2 is 0.806 bits per heavy atom. The molecule has 0 atom stereocenters. The molecule has 0 aliphatic rings. The Kier molecular flexibility index (Phi) is 7.54. The van der Waals surface area contributed by atoms with Crippen LogP contribution in [0.1, 0.15) is 0 Å². The van der Waals surface area contributed by atoms with Gasteiger partial charge in [-0.25, -0.2) is 15.0 Å². The van der Waals surface area contributed by atoms with Crippen molar-refractivity contribution in [1.82, 2.24) is 24.1 Å². The molecule has 62 heavy (non-hydrogen) atoms. The first kappa shape index (κ1) is 34.5. The monoisotopic (exact) mass is 789 g/mol. The average Bonchev–Trinajstić information content (AvgIpc) is 3.62. The minimum atomic E-state index is 0.610. The van der Waals surface area contributed by atoms with Crippen LogP contribution in [0.4, 0.5) is 0 Å². The van der Waals surface area contributed by atoms with Crippen LogP contribution in [0.3, 0.4) is 0 Å². The molecule has 3 aromatic heterocycles. The highest BCUT2D eigenvalue weighted by Gasteiger charge is 2.23. The third kappa shape index (κ3) is 5.25. The molecule has 0 fully saturated rings. The minimum Gasteiger partial charge on any atom is -0.309 e. The maximum Gasteiger partial charge on any atom is 0.166 e. The zero-order chi connectivity index (χ0) is 40.7. The molecule has 288 valence electrons. The van der Waals surface area contributed by atoms with Gasteiger partial charge in [-0.3, -0.25) is 0 Å². The molecule has 13 aromatic rings. The summed E-state index contributed by atoms with van der Waals surface area (Å²) in [6.07, 6.45) is 0. The van der Waals surface area contributed by atoms with E-state index in [4.69, 9.17) is 15.0 Å². The van der Waals surface area contributed by atoms with Gasteiger partial charge in [-0.15, -0.1) is 0 Å². The van der Waals surface area contributed by atoms with E-state index in [2.05, 4.69) is 221 Å². The van der Waals surface area contributed by atoms with Gasteiger partial charge in [-0.2, -0.15) is 0 Å². The molecule has 5 nitrogen and oxygen atoms in total. The number of rotatable bonds is 5. The number of para-hydroxylation sites is 2. The van der Waals surface area contributed by atoms with Gasteiger partial charge >= 0.3 is 0 Å². The lowest BCUT2D eigenvalue weighted by molar-refractivity contribution is 1.07. The SMILES string of the molecule is c1ccc(-n2c3cccc4c5ccccc5n(-c5ccc6ccccc6c5)c5cccc2c5c43)c(-c2nc(-c3ccc4ccccc4c3)nc(-c3cccc4ccccc34)n2)c1. The summed E-state index contributed by atoms with van der Waals surface area (Å²) in [5.74, 6) is 1.87. The van der Waals surface area contributed by atoms with E-state index < -0.39 is 0 Å². The van der Waals surface area contributed by atoms with E-state index in [0.29, 0.717) is 17.5 Å². The smallest absolute Gasteiger partial charge is 0.166 e. The van der Waals surface area contributed by atoms with Gasteiger partial charge in [0.2, 0.25) is 0 Å². The zero-order valence-electron chi connectivity index (χ0n) is 33.4. The van der Waals surface area contributed by atoms with Gasteiger partial charge in [0.1, 0.15) is 0 Å². The van der Waals surface area contributed by atoms with Gasteiger partial charge in [-0.1, -0.05) is 158 Å². The van der Waals surface area contributed by atoms with E-state index in [1.807, 2.05) is 0 Å². The summed E-state index contributed by atoms with van der Waals surface area (Å²) in [6.45, 7) is 0. The molecule has 5 heteroatoms. The van der Waals surface area contributed by atoms with Gasteiger partial charge in [0.15, 0.2) is 17.5 Å². The van der Waals surface area contributed by atoms with E-state index in [0.717, 1.165) is 66.3 Å². The van der Waals surface area contributed by atoms with Crippen LogP contribution in [0, 0.1) is 0 Å². The fourth-order valence-corrected chi connectivity index (χ4v) is 9.73. The maximum absolute atomic E-state index is 5.37. The van der Waals surface area contributed by atoms with Gasteiger partial charge in [0.05, 0.1) is 27.8 Å². The minimum absolute atomic E-state index is 0.610. The molecule has 3 heterocycles. The normalized spacial score (nSPS) is 11.9. The molecular formula is C57H35N5. The fraction of sp³-hybridized carbons (Fsp3) is 0. The summed E-state index contributed by atoms with van der Waals surface area (Å²) >= 11 is 0. The summed E-state index contributed by atoms with van der Waals surface area (Å²) < 4.78 is 4.86. The molecule has 10 aromatic carbocycles. The summed E-state index contributed by atoms with van der Waals surface area (Å²) in [6, 6.07) is 75.8. The van der Waals surface area contributed by atoms with Gasteiger partial charge in [0, 0.05) is 38.5 Å². The Morgan fingerprint density at radius 3 is 1.63 bits per heavy atom. The van der Waals surface area contributed by atoms with Crippen molar-refractivity contribution in [3.63, 3.8) is 0 Å². The largest absolute Gasteiger partial charge is 0.309 e. The first-order valence-electron chi connectivity index (χ1n) is 21.0. The third-order valence-electron chi connectivity index (χ3n) is 12.5. The van der Waals surface area contributed by atoms with Crippen LogP contribution in [-0.4, -0.2) is 24.1 Å². The number of benzene rings is 10. The summed E-state index contributed by atoms with van der Waals surface area (Å²) in [5.41, 5.74) is 9.43. The van der Waals surface area contributed by atoms with E-state index >= 15 is 0 Å². The molecule has 0 radical (unpaired) electrons. The predicted molar refractivity (Wildman–Crippen MR) is 257 cm³/mol. The summed E-state index contributed by atoms with van der Waals surface area (Å²) in [7, 11) is 0. The second-order valence-electron chi connectivity index (χ2n) is 16.0. The van der Waals surface area contributed by atoms with Crippen molar-refractivity contribution < 1.29 is 0 Å². The maximum atomic E-state index is 5.37. The molecule has 0 spiro atoms. The molecule has 0 amide bonds. The van der Waals surface area contributed by atoms with Crippen molar-refractivity contribution in [1.29, 1.82) is 0 Å². The number of nitrogens with zero attached hydrogens (tertiary/aromatic N) is 5. The topological polar surface area (TPSA) is 48.5 Å². The summed E-state index contributed by atoms with van der Waals surface area (Å²) in [4.78, 5) is 15.9. The van der Waals surface area contributed by atoms with Crippen molar-refractivity contribution in [2.45, 2.75) is 0 Å². The Labute approximate surface area is 356 Å². The third-order valence-corrected chi connectivity index (χ3v) is 12.5. The molecule has 0 aliphatic heterocycles. The number of hydrogen-bond acceptors (Lipinski definition) is 3. The van der Waals surface area contributed by atoms with E-state index in [1.54, 1.807) is 0 Å². The van der Waals surface area contributed by atoms with Crippen LogP contribution in [0.5, 0.6) is 0 Å². The number of aromatic nitrogens is 5. The molecule has 0 aliphatic carbocycles. The predicted octanol–water partition coefficient (Wildman–Crippen LogP) is 14.5. The average molecular weight is 790 g/mol. The fourth-order valence-electron chi connectivity index (χ4n) is 9.73. The first-order chi connectivity index (χ1) is 30.7. The van der Waals surface area contributed by atoms with Crippen molar-refractivity contribution in [2.75, 3.05) is 0 Å². The lowest BCUT2D eigenvalue weighted by atomic mass is 10.0. The van der Waals surface area contributed by atoms with Gasteiger partial charge < -0.3 is 9.13 Å². The van der Waals surface area contributed by atoms with E-state index in [-0.39, 0.29) is 0 Å². The number of fused-ring (bicyclic) bond motifs is 5. The Morgan fingerprint density at radius 1 is 0.290 bits per heavy atom. The highest BCUT2D eigenvalue weighted by Crippen LogP contribution is 2.43. The molecule has 13 rings (SSSR count).